The van der Waals surface area contributed by atoms with Gasteiger partial charge in [0.2, 0.25) is 5.91 Å². The fourth-order valence-electron chi connectivity index (χ4n) is 2.76. The first-order chi connectivity index (χ1) is 9.34. The van der Waals surface area contributed by atoms with Gasteiger partial charge in [-0.1, -0.05) is 31.0 Å². The molecule has 1 fully saturated rings. The Labute approximate surface area is 113 Å². The van der Waals surface area contributed by atoms with Crippen molar-refractivity contribution >= 4 is 16.9 Å². The molecule has 1 aliphatic rings. The molecular weight excluding hydrogens is 238 g/mol. The molecule has 0 spiro atoms. The number of fused-ring (bicyclic) bond motifs is 1. The highest BCUT2D eigenvalue weighted by Crippen LogP contribution is 2.22. The fraction of sp³-hybridized carbons (Fsp3) is 0.438. The van der Waals surface area contributed by atoms with E-state index in [9.17, 15) is 4.79 Å². The molecule has 0 unspecified atom stereocenters. The summed E-state index contributed by atoms with van der Waals surface area (Å²) >= 11 is 0. The summed E-state index contributed by atoms with van der Waals surface area (Å²) in [6, 6.07) is 7.89. The van der Waals surface area contributed by atoms with Crippen LogP contribution >= 0.6 is 0 Å². The van der Waals surface area contributed by atoms with Crippen molar-refractivity contribution in [3.05, 3.63) is 36.1 Å². The maximum absolute atomic E-state index is 12.3. The average molecular weight is 257 g/mol. The summed E-state index contributed by atoms with van der Waals surface area (Å²) in [5.74, 6) is 0.230. The first kappa shape index (κ1) is 12.3. The lowest BCUT2D eigenvalue weighted by Gasteiger charge is -2.19. The molecule has 2 heterocycles. The Balaban J connectivity index is 1.75. The van der Waals surface area contributed by atoms with Gasteiger partial charge in [0.05, 0.1) is 12.7 Å². The zero-order chi connectivity index (χ0) is 13.1. The largest absolute Gasteiger partial charge is 0.464 e. The first-order valence-corrected chi connectivity index (χ1v) is 7.07. The lowest BCUT2D eigenvalue weighted by Crippen LogP contribution is -2.32. The van der Waals surface area contributed by atoms with Crippen molar-refractivity contribution in [2.45, 2.75) is 32.1 Å². The lowest BCUT2D eigenvalue weighted by atomic mass is 10.1. The van der Waals surface area contributed by atoms with Crippen molar-refractivity contribution in [1.82, 2.24) is 4.90 Å². The van der Waals surface area contributed by atoms with Crippen LogP contribution in [-0.4, -0.2) is 23.9 Å². The van der Waals surface area contributed by atoms with Crippen LogP contribution in [-0.2, 0) is 11.2 Å². The normalized spacial score (nSPS) is 16.5. The SMILES string of the molecule is O=C(Cc1coc2ccccc12)N1CCCCCC1. The zero-order valence-corrected chi connectivity index (χ0v) is 11.1. The summed E-state index contributed by atoms with van der Waals surface area (Å²) in [6.45, 7) is 1.82. The number of carbonyl (C=O) groups excluding carboxylic acids is 1. The summed E-state index contributed by atoms with van der Waals surface area (Å²) in [4.78, 5) is 14.4. The zero-order valence-electron chi connectivity index (χ0n) is 11.1. The molecule has 19 heavy (non-hydrogen) atoms. The quantitative estimate of drug-likeness (QED) is 0.826. The monoisotopic (exact) mass is 257 g/mol. The van der Waals surface area contributed by atoms with Gasteiger partial charge >= 0.3 is 0 Å². The smallest absolute Gasteiger partial charge is 0.227 e. The van der Waals surface area contributed by atoms with Crippen LogP contribution in [0.1, 0.15) is 31.2 Å². The molecule has 0 N–H and O–H groups in total. The minimum absolute atomic E-state index is 0.230. The van der Waals surface area contributed by atoms with E-state index in [2.05, 4.69) is 0 Å². The molecule has 3 nitrogen and oxygen atoms in total. The number of rotatable bonds is 2. The standard InChI is InChI=1S/C16H19NO2/c18-16(17-9-5-1-2-6-10-17)11-13-12-19-15-8-4-3-7-14(13)15/h3-4,7-8,12H,1-2,5-6,9-11H2. The lowest BCUT2D eigenvalue weighted by molar-refractivity contribution is -0.130. The summed E-state index contributed by atoms with van der Waals surface area (Å²) in [5.41, 5.74) is 1.87. The van der Waals surface area contributed by atoms with E-state index in [0.29, 0.717) is 6.42 Å². The molecule has 0 atom stereocenters. The third-order valence-corrected chi connectivity index (χ3v) is 3.86. The predicted molar refractivity (Wildman–Crippen MR) is 75.0 cm³/mol. The second kappa shape index (κ2) is 5.47. The van der Waals surface area contributed by atoms with Crippen molar-refractivity contribution in [2.24, 2.45) is 0 Å². The van der Waals surface area contributed by atoms with Gasteiger partial charge in [-0.25, -0.2) is 0 Å². The van der Waals surface area contributed by atoms with Gasteiger partial charge in [0.25, 0.3) is 0 Å². The number of hydrogen-bond donors (Lipinski definition) is 0. The van der Waals surface area contributed by atoms with Crippen molar-refractivity contribution in [3.8, 4) is 0 Å². The van der Waals surface area contributed by atoms with Crippen LogP contribution in [0.2, 0.25) is 0 Å². The number of amides is 1. The number of para-hydroxylation sites is 1. The number of benzene rings is 1. The third kappa shape index (κ3) is 2.65. The second-order valence-electron chi connectivity index (χ2n) is 5.23. The van der Waals surface area contributed by atoms with Crippen molar-refractivity contribution in [1.29, 1.82) is 0 Å². The predicted octanol–water partition coefficient (Wildman–Crippen LogP) is 3.38. The molecule has 0 radical (unpaired) electrons. The van der Waals surface area contributed by atoms with Gasteiger partial charge in [-0.15, -0.1) is 0 Å². The van der Waals surface area contributed by atoms with E-state index in [-0.39, 0.29) is 5.91 Å². The summed E-state index contributed by atoms with van der Waals surface area (Å²) in [5, 5.41) is 1.06. The van der Waals surface area contributed by atoms with Crippen LogP contribution in [0.3, 0.4) is 0 Å². The highest BCUT2D eigenvalue weighted by atomic mass is 16.3. The molecular formula is C16H19NO2. The Morgan fingerprint density at radius 2 is 1.84 bits per heavy atom. The van der Waals surface area contributed by atoms with E-state index in [4.69, 9.17) is 4.42 Å². The van der Waals surface area contributed by atoms with E-state index >= 15 is 0 Å². The van der Waals surface area contributed by atoms with E-state index in [1.165, 1.54) is 12.8 Å². The molecule has 1 aromatic carbocycles. The maximum atomic E-state index is 12.3. The first-order valence-electron chi connectivity index (χ1n) is 7.07. The third-order valence-electron chi connectivity index (χ3n) is 3.86. The topological polar surface area (TPSA) is 33.5 Å². The summed E-state index contributed by atoms with van der Waals surface area (Å²) < 4.78 is 5.49. The van der Waals surface area contributed by atoms with Crippen molar-refractivity contribution in [3.63, 3.8) is 0 Å². The van der Waals surface area contributed by atoms with Crippen LogP contribution in [0.4, 0.5) is 0 Å². The van der Waals surface area contributed by atoms with Gasteiger partial charge < -0.3 is 9.32 Å². The van der Waals surface area contributed by atoms with Gasteiger partial charge in [-0.3, -0.25) is 4.79 Å². The fourth-order valence-corrected chi connectivity index (χ4v) is 2.76. The second-order valence-corrected chi connectivity index (χ2v) is 5.23. The number of likely N-dealkylation sites (tertiary alicyclic amines) is 1. The Hall–Kier alpha value is -1.77. The molecule has 3 rings (SSSR count). The molecule has 1 amide bonds. The van der Waals surface area contributed by atoms with Gasteiger partial charge in [-0.05, 0) is 18.9 Å². The van der Waals surface area contributed by atoms with Gasteiger partial charge in [-0.2, -0.15) is 0 Å². The van der Waals surface area contributed by atoms with Crippen LogP contribution < -0.4 is 0 Å². The number of hydrogen-bond acceptors (Lipinski definition) is 2. The van der Waals surface area contributed by atoms with Crippen molar-refractivity contribution < 1.29 is 9.21 Å². The van der Waals surface area contributed by atoms with E-state index in [1.54, 1.807) is 6.26 Å². The molecule has 100 valence electrons. The highest BCUT2D eigenvalue weighted by molar-refractivity contribution is 5.87. The Kier molecular flexibility index (Phi) is 3.53. The molecule has 1 saturated heterocycles. The van der Waals surface area contributed by atoms with E-state index in [0.717, 1.165) is 42.5 Å². The van der Waals surface area contributed by atoms with Gasteiger partial charge in [0, 0.05) is 24.0 Å². The number of nitrogens with zero attached hydrogens (tertiary/aromatic N) is 1. The summed E-state index contributed by atoms with van der Waals surface area (Å²) in [6.07, 6.45) is 6.95. The van der Waals surface area contributed by atoms with E-state index in [1.807, 2.05) is 29.2 Å². The maximum Gasteiger partial charge on any atom is 0.227 e. The molecule has 0 saturated carbocycles. The Bertz CT molecular complexity index is 565. The Morgan fingerprint density at radius 3 is 2.63 bits per heavy atom. The molecule has 0 aliphatic carbocycles. The van der Waals surface area contributed by atoms with Crippen LogP contribution in [0.25, 0.3) is 11.0 Å². The van der Waals surface area contributed by atoms with Crippen LogP contribution in [0.15, 0.2) is 34.9 Å². The molecule has 1 aliphatic heterocycles. The van der Waals surface area contributed by atoms with Crippen LogP contribution in [0, 0.1) is 0 Å². The Morgan fingerprint density at radius 1 is 1.11 bits per heavy atom. The van der Waals surface area contributed by atoms with E-state index < -0.39 is 0 Å². The van der Waals surface area contributed by atoms with Gasteiger partial charge in [0.15, 0.2) is 0 Å². The number of furan rings is 1. The highest BCUT2D eigenvalue weighted by Gasteiger charge is 2.17. The minimum atomic E-state index is 0.230. The van der Waals surface area contributed by atoms with Crippen LogP contribution in [0.5, 0.6) is 0 Å². The molecule has 0 bridgehead atoms. The molecule has 3 heteroatoms. The molecule has 1 aromatic heterocycles. The number of carbonyl (C=O) groups is 1. The van der Waals surface area contributed by atoms with Crippen molar-refractivity contribution in [2.75, 3.05) is 13.1 Å². The van der Waals surface area contributed by atoms with Gasteiger partial charge in [0.1, 0.15) is 5.58 Å². The molecule has 2 aromatic rings. The average Bonchev–Trinajstić information content (AvgIpc) is 2.66. The minimum Gasteiger partial charge on any atom is -0.464 e. The summed E-state index contributed by atoms with van der Waals surface area (Å²) in [7, 11) is 0.